The van der Waals surface area contributed by atoms with Crippen LogP contribution in [0.25, 0.3) is 0 Å². The van der Waals surface area contributed by atoms with Crippen molar-refractivity contribution in [3.63, 3.8) is 0 Å². The molecule has 1 rings (SSSR count). The van der Waals surface area contributed by atoms with Crippen molar-refractivity contribution in [3.8, 4) is 5.75 Å². The molecule has 1 aromatic carbocycles. The Kier molecular flexibility index (Phi) is 4.95. The SMILES string of the molecule is COCCC(N)C(=O)Cc1cccc(O)c1. The summed E-state index contributed by atoms with van der Waals surface area (Å²) in [4.78, 5) is 11.7. The van der Waals surface area contributed by atoms with Crippen molar-refractivity contribution in [1.29, 1.82) is 0 Å². The zero-order valence-electron chi connectivity index (χ0n) is 9.35. The summed E-state index contributed by atoms with van der Waals surface area (Å²) in [6, 6.07) is 6.14. The molecule has 0 aliphatic heterocycles. The summed E-state index contributed by atoms with van der Waals surface area (Å²) in [6.07, 6.45) is 0.771. The summed E-state index contributed by atoms with van der Waals surface area (Å²) in [5.41, 5.74) is 6.47. The second-order valence-electron chi connectivity index (χ2n) is 3.70. The summed E-state index contributed by atoms with van der Waals surface area (Å²) in [7, 11) is 1.58. The first-order chi connectivity index (χ1) is 7.63. The Morgan fingerprint density at radius 1 is 1.56 bits per heavy atom. The number of carbonyl (C=O) groups is 1. The molecule has 0 fully saturated rings. The average molecular weight is 223 g/mol. The number of rotatable bonds is 6. The van der Waals surface area contributed by atoms with Crippen LogP contribution >= 0.6 is 0 Å². The lowest BCUT2D eigenvalue weighted by Gasteiger charge is -2.09. The van der Waals surface area contributed by atoms with Crippen molar-refractivity contribution in [2.24, 2.45) is 5.73 Å². The van der Waals surface area contributed by atoms with Crippen LogP contribution < -0.4 is 5.73 Å². The summed E-state index contributed by atoms with van der Waals surface area (Å²) < 4.78 is 4.86. The molecule has 4 nitrogen and oxygen atoms in total. The van der Waals surface area contributed by atoms with Gasteiger partial charge in [-0.1, -0.05) is 12.1 Å². The normalized spacial score (nSPS) is 12.4. The molecule has 0 bridgehead atoms. The van der Waals surface area contributed by atoms with Gasteiger partial charge < -0.3 is 15.6 Å². The Balaban J connectivity index is 2.50. The highest BCUT2D eigenvalue weighted by atomic mass is 16.5. The number of aromatic hydroxyl groups is 1. The fraction of sp³-hybridized carbons (Fsp3) is 0.417. The summed E-state index contributed by atoms with van der Waals surface area (Å²) in [5, 5.41) is 9.24. The lowest BCUT2D eigenvalue weighted by Crippen LogP contribution is -2.32. The zero-order valence-corrected chi connectivity index (χ0v) is 9.35. The van der Waals surface area contributed by atoms with E-state index in [0.717, 1.165) is 5.56 Å². The van der Waals surface area contributed by atoms with Gasteiger partial charge in [0.1, 0.15) is 5.75 Å². The Labute approximate surface area is 95.0 Å². The predicted molar refractivity (Wildman–Crippen MR) is 61.3 cm³/mol. The molecule has 16 heavy (non-hydrogen) atoms. The molecule has 4 heteroatoms. The molecule has 0 heterocycles. The second kappa shape index (κ2) is 6.25. The molecule has 1 unspecified atom stereocenters. The third-order valence-electron chi connectivity index (χ3n) is 2.34. The minimum Gasteiger partial charge on any atom is -0.508 e. The molecule has 0 saturated carbocycles. The van der Waals surface area contributed by atoms with Crippen molar-refractivity contribution < 1.29 is 14.6 Å². The third kappa shape index (κ3) is 4.00. The molecule has 0 aliphatic carbocycles. The third-order valence-corrected chi connectivity index (χ3v) is 2.34. The largest absolute Gasteiger partial charge is 0.508 e. The van der Waals surface area contributed by atoms with E-state index >= 15 is 0 Å². The number of phenols is 1. The van der Waals surface area contributed by atoms with Crippen molar-refractivity contribution >= 4 is 5.78 Å². The van der Waals surface area contributed by atoms with E-state index in [2.05, 4.69) is 0 Å². The van der Waals surface area contributed by atoms with Crippen molar-refractivity contribution in [2.45, 2.75) is 18.9 Å². The monoisotopic (exact) mass is 223 g/mol. The highest BCUT2D eigenvalue weighted by Crippen LogP contribution is 2.12. The van der Waals surface area contributed by atoms with Gasteiger partial charge in [-0.15, -0.1) is 0 Å². The molecule has 1 atom stereocenters. The highest BCUT2D eigenvalue weighted by molar-refractivity contribution is 5.85. The van der Waals surface area contributed by atoms with Crippen LogP contribution in [0.2, 0.25) is 0 Å². The lowest BCUT2D eigenvalue weighted by atomic mass is 10.0. The molecule has 0 aromatic heterocycles. The van der Waals surface area contributed by atoms with Gasteiger partial charge in [0.15, 0.2) is 5.78 Å². The van der Waals surface area contributed by atoms with Crippen LogP contribution in [0.5, 0.6) is 5.75 Å². The van der Waals surface area contributed by atoms with Crippen molar-refractivity contribution in [3.05, 3.63) is 29.8 Å². The van der Waals surface area contributed by atoms with Crippen LogP contribution in [0.1, 0.15) is 12.0 Å². The van der Waals surface area contributed by atoms with E-state index in [1.165, 1.54) is 0 Å². The van der Waals surface area contributed by atoms with Crippen molar-refractivity contribution in [1.82, 2.24) is 0 Å². The topological polar surface area (TPSA) is 72.5 Å². The number of ether oxygens (including phenoxy) is 1. The molecule has 0 radical (unpaired) electrons. The van der Waals surface area contributed by atoms with Gasteiger partial charge in [0.05, 0.1) is 6.04 Å². The van der Waals surface area contributed by atoms with E-state index in [1.807, 2.05) is 0 Å². The zero-order chi connectivity index (χ0) is 12.0. The number of benzene rings is 1. The van der Waals surface area contributed by atoms with E-state index in [1.54, 1.807) is 31.4 Å². The number of Topliss-reactive ketones (excluding diaryl/α,β-unsaturated/α-hetero) is 1. The first-order valence-corrected chi connectivity index (χ1v) is 5.18. The first kappa shape index (κ1) is 12.7. The van der Waals surface area contributed by atoms with Crippen LogP contribution in [-0.4, -0.2) is 30.6 Å². The number of methoxy groups -OCH3 is 1. The standard InChI is InChI=1S/C12H17NO3/c1-16-6-5-11(13)12(15)8-9-3-2-4-10(14)7-9/h2-4,7,11,14H,5-6,8,13H2,1H3. The van der Waals surface area contributed by atoms with Crippen LogP contribution in [0, 0.1) is 0 Å². The van der Waals surface area contributed by atoms with E-state index in [0.29, 0.717) is 13.0 Å². The molecule has 0 aliphatic rings. The first-order valence-electron chi connectivity index (χ1n) is 5.18. The highest BCUT2D eigenvalue weighted by Gasteiger charge is 2.13. The van der Waals surface area contributed by atoms with Gasteiger partial charge in [-0.2, -0.15) is 0 Å². The number of hydrogen-bond donors (Lipinski definition) is 2. The number of phenolic OH excluding ortho intramolecular Hbond substituents is 1. The molecule has 0 amide bonds. The van der Waals surface area contributed by atoms with E-state index in [-0.39, 0.29) is 18.0 Å². The maximum absolute atomic E-state index is 11.7. The van der Waals surface area contributed by atoms with Crippen LogP contribution in [0.3, 0.4) is 0 Å². The molecule has 3 N–H and O–H groups in total. The van der Waals surface area contributed by atoms with Gasteiger partial charge in [0, 0.05) is 20.1 Å². The molecule has 0 saturated heterocycles. The minimum atomic E-state index is -0.498. The molecular formula is C12H17NO3. The Morgan fingerprint density at radius 3 is 2.94 bits per heavy atom. The fourth-order valence-corrected chi connectivity index (χ4v) is 1.40. The number of nitrogens with two attached hydrogens (primary N) is 1. The smallest absolute Gasteiger partial charge is 0.153 e. The average Bonchev–Trinajstić information content (AvgIpc) is 2.25. The summed E-state index contributed by atoms with van der Waals surface area (Å²) in [6.45, 7) is 0.479. The molecule has 88 valence electrons. The maximum atomic E-state index is 11.7. The number of ketones is 1. The number of carbonyl (C=O) groups excluding carboxylic acids is 1. The molecular weight excluding hydrogens is 206 g/mol. The quantitative estimate of drug-likeness (QED) is 0.750. The fourth-order valence-electron chi connectivity index (χ4n) is 1.40. The maximum Gasteiger partial charge on any atom is 0.153 e. The van der Waals surface area contributed by atoms with E-state index in [9.17, 15) is 9.90 Å². The van der Waals surface area contributed by atoms with Crippen LogP contribution in [-0.2, 0) is 16.0 Å². The molecule has 0 spiro atoms. The van der Waals surface area contributed by atoms with Gasteiger partial charge in [0.2, 0.25) is 0 Å². The number of hydrogen-bond acceptors (Lipinski definition) is 4. The lowest BCUT2D eigenvalue weighted by molar-refractivity contribution is -0.120. The van der Waals surface area contributed by atoms with E-state index in [4.69, 9.17) is 10.5 Å². The van der Waals surface area contributed by atoms with Crippen LogP contribution in [0.4, 0.5) is 0 Å². The van der Waals surface area contributed by atoms with Gasteiger partial charge in [-0.05, 0) is 24.1 Å². The van der Waals surface area contributed by atoms with E-state index < -0.39 is 6.04 Å². The Bertz CT molecular complexity index is 352. The van der Waals surface area contributed by atoms with Crippen molar-refractivity contribution in [2.75, 3.05) is 13.7 Å². The van der Waals surface area contributed by atoms with Gasteiger partial charge in [-0.25, -0.2) is 0 Å². The minimum absolute atomic E-state index is 0.0392. The van der Waals surface area contributed by atoms with Gasteiger partial charge in [0.25, 0.3) is 0 Å². The van der Waals surface area contributed by atoms with Gasteiger partial charge >= 0.3 is 0 Å². The van der Waals surface area contributed by atoms with Gasteiger partial charge in [-0.3, -0.25) is 4.79 Å². The van der Waals surface area contributed by atoms with Crippen LogP contribution in [0.15, 0.2) is 24.3 Å². The predicted octanol–water partition coefficient (Wildman–Crippen LogP) is 0.868. The Morgan fingerprint density at radius 2 is 2.31 bits per heavy atom. The Hall–Kier alpha value is -1.39. The summed E-state index contributed by atoms with van der Waals surface area (Å²) in [5.74, 6) is 0.124. The molecule has 1 aromatic rings. The second-order valence-corrected chi connectivity index (χ2v) is 3.70. The summed E-state index contributed by atoms with van der Waals surface area (Å²) >= 11 is 0.